The maximum atomic E-state index is 13.6. The van der Waals surface area contributed by atoms with Gasteiger partial charge in [-0.3, -0.25) is 9.59 Å². The maximum absolute atomic E-state index is 13.6. The summed E-state index contributed by atoms with van der Waals surface area (Å²) in [4.78, 5) is 30.7. The Balaban J connectivity index is 1.89. The van der Waals surface area contributed by atoms with E-state index in [1.807, 2.05) is 62.3 Å². The molecule has 0 radical (unpaired) electrons. The molecule has 0 fully saturated rings. The van der Waals surface area contributed by atoms with Crippen molar-refractivity contribution in [1.29, 1.82) is 0 Å². The fraction of sp³-hybridized carbons (Fsp3) is 0.360. The second-order valence-electron chi connectivity index (χ2n) is 8.30. The van der Waals surface area contributed by atoms with Crippen LogP contribution < -0.4 is 10.2 Å². The number of benzene rings is 2. The Labute approximate surface area is 182 Å². The van der Waals surface area contributed by atoms with E-state index in [4.69, 9.17) is 9.15 Å². The van der Waals surface area contributed by atoms with Crippen molar-refractivity contribution < 1.29 is 13.9 Å². The van der Waals surface area contributed by atoms with E-state index in [-0.39, 0.29) is 17.1 Å². The minimum atomic E-state index is -0.506. The van der Waals surface area contributed by atoms with Gasteiger partial charge in [0.2, 0.25) is 5.76 Å². The van der Waals surface area contributed by atoms with Crippen LogP contribution in [-0.2, 0) is 0 Å². The standard InChI is InChI=1S/C25H28N2O4/c1-5-13-30-18-8-6-7-17(15-18)22-21-23(28)19-14-16(2)9-10-20(19)31-24(21)25(29)27(22)12-11-26(3)4/h6-10,14-15,22H,5,11-13H2,1-4H3. The van der Waals surface area contributed by atoms with Crippen molar-refractivity contribution >= 4 is 16.9 Å². The number of rotatable bonds is 7. The van der Waals surface area contributed by atoms with Crippen molar-refractivity contribution in [3.05, 3.63) is 75.1 Å². The van der Waals surface area contributed by atoms with E-state index in [0.29, 0.717) is 36.2 Å². The van der Waals surface area contributed by atoms with Gasteiger partial charge in [-0.15, -0.1) is 0 Å². The number of carbonyl (C=O) groups excluding carboxylic acids is 1. The van der Waals surface area contributed by atoms with E-state index in [2.05, 4.69) is 6.92 Å². The normalized spacial score (nSPS) is 15.7. The summed E-state index contributed by atoms with van der Waals surface area (Å²) in [5, 5.41) is 0.504. The fourth-order valence-electron chi connectivity index (χ4n) is 4.01. The lowest BCUT2D eigenvalue weighted by molar-refractivity contribution is 0.0716. The quantitative estimate of drug-likeness (QED) is 0.578. The lowest BCUT2D eigenvalue weighted by Gasteiger charge is -2.26. The lowest BCUT2D eigenvalue weighted by Crippen LogP contribution is -2.35. The fourth-order valence-corrected chi connectivity index (χ4v) is 4.01. The van der Waals surface area contributed by atoms with Crippen LogP contribution in [0.1, 0.15) is 46.6 Å². The molecule has 6 nitrogen and oxygen atoms in total. The average molecular weight is 421 g/mol. The third-order valence-corrected chi connectivity index (χ3v) is 5.56. The van der Waals surface area contributed by atoms with Gasteiger partial charge in [-0.2, -0.15) is 0 Å². The number of hydrogen-bond acceptors (Lipinski definition) is 5. The van der Waals surface area contributed by atoms with Gasteiger partial charge >= 0.3 is 0 Å². The minimum Gasteiger partial charge on any atom is -0.494 e. The molecule has 0 saturated heterocycles. The number of nitrogens with zero attached hydrogens (tertiary/aromatic N) is 2. The highest BCUT2D eigenvalue weighted by atomic mass is 16.5. The molecular weight excluding hydrogens is 392 g/mol. The van der Waals surface area contributed by atoms with E-state index < -0.39 is 6.04 Å². The van der Waals surface area contributed by atoms with Gasteiger partial charge in [-0.05, 0) is 57.3 Å². The largest absolute Gasteiger partial charge is 0.494 e. The molecule has 0 bridgehead atoms. The van der Waals surface area contributed by atoms with Gasteiger partial charge in [0.15, 0.2) is 5.43 Å². The van der Waals surface area contributed by atoms with E-state index in [1.54, 1.807) is 11.0 Å². The molecule has 4 rings (SSSR count). The molecule has 6 heteroatoms. The first-order chi connectivity index (χ1) is 14.9. The topological polar surface area (TPSA) is 63.0 Å². The Bertz CT molecular complexity index is 1180. The molecule has 1 aliphatic heterocycles. The molecule has 1 atom stereocenters. The summed E-state index contributed by atoms with van der Waals surface area (Å²) in [7, 11) is 3.92. The zero-order valence-corrected chi connectivity index (χ0v) is 18.5. The van der Waals surface area contributed by atoms with Gasteiger partial charge in [0.05, 0.1) is 23.6 Å². The van der Waals surface area contributed by atoms with Crippen LogP contribution in [0.2, 0.25) is 0 Å². The zero-order valence-electron chi connectivity index (χ0n) is 18.5. The molecular formula is C25H28N2O4. The summed E-state index contributed by atoms with van der Waals surface area (Å²) in [5.74, 6) is 0.625. The van der Waals surface area contributed by atoms with Crippen LogP contribution in [0.4, 0.5) is 0 Å². The summed E-state index contributed by atoms with van der Waals surface area (Å²) >= 11 is 0. The van der Waals surface area contributed by atoms with Crippen LogP contribution in [0.15, 0.2) is 51.7 Å². The molecule has 2 aromatic carbocycles. The summed E-state index contributed by atoms with van der Waals surface area (Å²) in [6.07, 6.45) is 0.902. The molecule has 1 amide bonds. The second kappa shape index (κ2) is 8.55. The monoisotopic (exact) mass is 420 g/mol. The predicted octanol–water partition coefficient (Wildman–Crippen LogP) is 4.00. The highest BCUT2D eigenvalue weighted by molar-refractivity contribution is 5.99. The first-order valence-electron chi connectivity index (χ1n) is 10.7. The van der Waals surface area contributed by atoms with Crippen molar-refractivity contribution in [1.82, 2.24) is 9.80 Å². The number of likely N-dealkylation sites (N-methyl/N-ethyl adjacent to an activating group) is 1. The van der Waals surface area contributed by atoms with Crippen molar-refractivity contribution in [3.8, 4) is 5.75 Å². The molecule has 1 aromatic heterocycles. The molecule has 3 aromatic rings. The van der Waals surface area contributed by atoms with Crippen molar-refractivity contribution in [2.75, 3.05) is 33.8 Å². The first kappa shape index (κ1) is 21.1. The average Bonchev–Trinajstić information content (AvgIpc) is 3.03. The van der Waals surface area contributed by atoms with E-state index in [9.17, 15) is 9.59 Å². The number of ether oxygens (including phenoxy) is 1. The van der Waals surface area contributed by atoms with Crippen LogP contribution in [0, 0.1) is 6.92 Å². The summed E-state index contributed by atoms with van der Waals surface area (Å²) in [6.45, 7) is 5.76. The number of carbonyl (C=O) groups is 1. The molecule has 162 valence electrons. The Morgan fingerprint density at radius 1 is 1.13 bits per heavy atom. The molecule has 1 unspecified atom stereocenters. The number of hydrogen-bond donors (Lipinski definition) is 0. The summed E-state index contributed by atoms with van der Waals surface area (Å²) in [6, 6.07) is 12.6. The van der Waals surface area contributed by atoms with E-state index in [1.165, 1.54) is 0 Å². The van der Waals surface area contributed by atoms with E-state index >= 15 is 0 Å². The number of fused-ring (bicyclic) bond motifs is 2. The maximum Gasteiger partial charge on any atom is 0.290 e. The van der Waals surface area contributed by atoms with Crippen molar-refractivity contribution in [3.63, 3.8) is 0 Å². The highest BCUT2D eigenvalue weighted by Crippen LogP contribution is 2.39. The Hall–Kier alpha value is -3.12. The molecule has 2 heterocycles. The number of amides is 1. The Morgan fingerprint density at radius 3 is 2.68 bits per heavy atom. The van der Waals surface area contributed by atoms with Crippen LogP contribution in [0.3, 0.4) is 0 Å². The van der Waals surface area contributed by atoms with Gasteiger partial charge in [-0.1, -0.05) is 30.7 Å². The Morgan fingerprint density at radius 2 is 1.94 bits per heavy atom. The molecule has 0 N–H and O–H groups in total. The SMILES string of the molecule is CCCOc1cccc(C2c3c(oc4ccc(C)cc4c3=O)C(=O)N2CCN(C)C)c1. The van der Waals surface area contributed by atoms with Gasteiger partial charge in [0.1, 0.15) is 11.3 Å². The van der Waals surface area contributed by atoms with Crippen LogP contribution >= 0.6 is 0 Å². The molecule has 0 spiro atoms. The van der Waals surface area contributed by atoms with Gasteiger partial charge < -0.3 is 19.0 Å². The number of aryl methyl sites for hydroxylation is 1. The smallest absolute Gasteiger partial charge is 0.290 e. The second-order valence-corrected chi connectivity index (χ2v) is 8.30. The van der Waals surface area contributed by atoms with Crippen LogP contribution in [0.5, 0.6) is 5.75 Å². The van der Waals surface area contributed by atoms with Gasteiger partial charge in [0, 0.05) is 13.1 Å². The van der Waals surface area contributed by atoms with E-state index in [0.717, 1.165) is 23.3 Å². The van der Waals surface area contributed by atoms with Crippen LogP contribution in [0.25, 0.3) is 11.0 Å². The molecule has 0 aliphatic carbocycles. The predicted molar refractivity (Wildman–Crippen MR) is 121 cm³/mol. The van der Waals surface area contributed by atoms with Crippen molar-refractivity contribution in [2.45, 2.75) is 26.3 Å². The van der Waals surface area contributed by atoms with Crippen LogP contribution in [-0.4, -0.2) is 49.5 Å². The van der Waals surface area contributed by atoms with Gasteiger partial charge in [-0.25, -0.2) is 0 Å². The first-order valence-corrected chi connectivity index (χ1v) is 10.7. The zero-order chi connectivity index (χ0) is 22.1. The van der Waals surface area contributed by atoms with Gasteiger partial charge in [0.25, 0.3) is 5.91 Å². The molecule has 0 saturated carbocycles. The minimum absolute atomic E-state index is 0.144. The molecule has 31 heavy (non-hydrogen) atoms. The third kappa shape index (κ3) is 3.95. The summed E-state index contributed by atoms with van der Waals surface area (Å²) in [5.41, 5.74) is 2.52. The summed E-state index contributed by atoms with van der Waals surface area (Å²) < 4.78 is 11.8. The highest BCUT2D eigenvalue weighted by Gasteiger charge is 2.42. The molecule has 1 aliphatic rings. The van der Waals surface area contributed by atoms with Crippen molar-refractivity contribution in [2.24, 2.45) is 0 Å². The third-order valence-electron chi connectivity index (χ3n) is 5.56. The Kier molecular flexibility index (Phi) is 5.83. The lowest BCUT2D eigenvalue weighted by atomic mass is 9.98.